The van der Waals surface area contributed by atoms with Gasteiger partial charge >= 0.3 is 0 Å². The van der Waals surface area contributed by atoms with Crippen LogP contribution in [0.15, 0.2) is 36.7 Å². The number of halogens is 2. The molecule has 5 heteroatoms. The Labute approximate surface area is 109 Å². The van der Waals surface area contributed by atoms with Crippen molar-refractivity contribution in [3.8, 4) is 5.75 Å². The van der Waals surface area contributed by atoms with Crippen LogP contribution >= 0.6 is 11.6 Å². The Hall–Kier alpha value is -1.65. The van der Waals surface area contributed by atoms with E-state index in [0.29, 0.717) is 22.9 Å². The molecular weight excluding hydrogens is 255 g/mol. The maximum atomic E-state index is 12.9. The van der Waals surface area contributed by atoms with Crippen molar-refractivity contribution in [3.05, 3.63) is 58.6 Å². The Morgan fingerprint density at radius 2 is 2.11 bits per heavy atom. The summed E-state index contributed by atoms with van der Waals surface area (Å²) in [6, 6.07) is 6.65. The fourth-order valence-corrected chi connectivity index (χ4v) is 1.73. The SMILES string of the molecule is NCc1ccc(OCc2cncc(F)c2)cc1Cl. The van der Waals surface area contributed by atoms with E-state index in [1.807, 2.05) is 6.07 Å². The van der Waals surface area contributed by atoms with Gasteiger partial charge < -0.3 is 10.5 Å². The molecule has 1 heterocycles. The molecule has 0 amide bonds. The van der Waals surface area contributed by atoms with Gasteiger partial charge in [-0.1, -0.05) is 17.7 Å². The second kappa shape index (κ2) is 5.80. The maximum Gasteiger partial charge on any atom is 0.141 e. The molecule has 2 N–H and O–H groups in total. The van der Waals surface area contributed by atoms with Crippen molar-refractivity contribution in [2.45, 2.75) is 13.2 Å². The lowest BCUT2D eigenvalue weighted by molar-refractivity contribution is 0.305. The number of hydrogen-bond donors (Lipinski definition) is 1. The number of benzene rings is 1. The van der Waals surface area contributed by atoms with Crippen molar-refractivity contribution in [1.82, 2.24) is 4.98 Å². The van der Waals surface area contributed by atoms with Gasteiger partial charge in [-0.2, -0.15) is 0 Å². The summed E-state index contributed by atoms with van der Waals surface area (Å²) in [7, 11) is 0. The molecule has 0 spiro atoms. The average Bonchev–Trinajstić information content (AvgIpc) is 2.37. The standard InChI is InChI=1S/C13H12ClFN2O/c14-13-4-12(2-1-10(13)5-16)18-8-9-3-11(15)7-17-6-9/h1-4,6-7H,5,8,16H2. The van der Waals surface area contributed by atoms with E-state index in [0.717, 1.165) is 11.8 Å². The molecule has 1 aromatic heterocycles. The minimum atomic E-state index is -0.382. The second-order valence-corrected chi connectivity index (χ2v) is 4.16. The molecule has 0 bridgehead atoms. The van der Waals surface area contributed by atoms with E-state index in [1.165, 1.54) is 6.07 Å². The highest BCUT2D eigenvalue weighted by Crippen LogP contribution is 2.22. The van der Waals surface area contributed by atoms with Crippen LogP contribution in [0.2, 0.25) is 5.02 Å². The van der Waals surface area contributed by atoms with Crippen molar-refractivity contribution in [3.63, 3.8) is 0 Å². The Morgan fingerprint density at radius 1 is 1.28 bits per heavy atom. The molecule has 0 aliphatic rings. The topological polar surface area (TPSA) is 48.1 Å². The van der Waals surface area contributed by atoms with Crippen LogP contribution in [0.3, 0.4) is 0 Å². The second-order valence-electron chi connectivity index (χ2n) is 3.76. The molecule has 94 valence electrons. The highest BCUT2D eigenvalue weighted by atomic mass is 35.5. The first kappa shape index (κ1) is 12.8. The molecule has 0 saturated heterocycles. The number of aromatic nitrogens is 1. The third-order valence-electron chi connectivity index (χ3n) is 2.41. The van der Waals surface area contributed by atoms with Crippen LogP contribution in [0.5, 0.6) is 5.75 Å². The number of ether oxygens (including phenoxy) is 1. The monoisotopic (exact) mass is 266 g/mol. The molecule has 0 aliphatic carbocycles. The highest BCUT2D eigenvalue weighted by molar-refractivity contribution is 6.31. The van der Waals surface area contributed by atoms with Crippen molar-refractivity contribution in [2.24, 2.45) is 5.73 Å². The number of nitrogens with two attached hydrogens (primary N) is 1. The summed E-state index contributed by atoms with van der Waals surface area (Å²) in [4.78, 5) is 3.74. The van der Waals surface area contributed by atoms with E-state index >= 15 is 0 Å². The van der Waals surface area contributed by atoms with E-state index in [1.54, 1.807) is 18.3 Å². The van der Waals surface area contributed by atoms with Gasteiger partial charge in [0.1, 0.15) is 18.2 Å². The third-order valence-corrected chi connectivity index (χ3v) is 2.76. The molecule has 3 nitrogen and oxygen atoms in total. The fourth-order valence-electron chi connectivity index (χ4n) is 1.48. The van der Waals surface area contributed by atoms with Crippen LogP contribution in [0.1, 0.15) is 11.1 Å². The first-order valence-electron chi connectivity index (χ1n) is 5.40. The minimum absolute atomic E-state index is 0.239. The quantitative estimate of drug-likeness (QED) is 0.926. The van der Waals surface area contributed by atoms with Gasteiger partial charge in [0.05, 0.1) is 6.20 Å². The number of hydrogen-bond acceptors (Lipinski definition) is 3. The van der Waals surface area contributed by atoms with Gasteiger partial charge in [0.25, 0.3) is 0 Å². The summed E-state index contributed by atoms with van der Waals surface area (Å²) in [5.74, 6) is 0.231. The van der Waals surface area contributed by atoms with Gasteiger partial charge in [-0.25, -0.2) is 4.39 Å². The summed E-state index contributed by atoms with van der Waals surface area (Å²) >= 11 is 6.00. The van der Waals surface area contributed by atoms with Crippen molar-refractivity contribution in [2.75, 3.05) is 0 Å². The third kappa shape index (κ3) is 3.18. The Balaban J connectivity index is 2.04. The van der Waals surface area contributed by atoms with Crippen molar-refractivity contribution in [1.29, 1.82) is 0 Å². The van der Waals surface area contributed by atoms with Gasteiger partial charge in [-0.3, -0.25) is 4.98 Å². The predicted molar refractivity (Wildman–Crippen MR) is 67.9 cm³/mol. The molecule has 0 radical (unpaired) electrons. The lowest BCUT2D eigenvalue weighted by Crippen LogP contribution is -1.99. The molecule has 2 aromatic rings. The van der Waals surface area contributed by atoms with Crippen molar-refractivity contribution >= 4 is 11.6 Å². The lowest BCUT2D eigenvalue weighted by atomic mass is 10.2. The van der Waals surface area contributed by atoms with E-state index in [2.05, 4.69) is 4.98 Å². The fraction of sp³-hybridized carbons (Fsp3) is 0.154. The molecule has 0 saturated carbocycles. The summed E-state index contributed by atoms with van der Waals surface area (Å²) < 4.78 is 18.4. The van der Waals surface area contributed by atoms with Crippen LogP contribution in [0.4, 0.5) is 4.39 Å². The molecule has 0 fully saturated rings. The van der Waals surface area contributed by atoms with E-state index in [-0.39, 0.29) is 12.4 Å². The van der Waals surface area contributed by atoms with E-state index in [4.69, 9.17) is 22.1 Å². The maximum absolute atomic E-state index is 12.9. The van der Waals surface area contributed by atoms with Crippen LogP contribution in [-0.2, 0) is 13.2 Å². The predicted octanol–water partition coefficient (Wildman–Crippen LogP) is 2.91. The normalized spacial score (nSPS) is 10.4. The zero-order chi connectivity index (χ0) is 13.0. The van der Waals surface area contributed by atoms with Crippen molar-refractivity contribution < 1.29 is 9.13 Å². The number of nitrogens with zero attached hydrogens (tertiary/aromatic N) is 1. The number of rotatable bonds is 4. The van der Waals surface area contributed by atoms with E-state index < -0.39 is 0 Å². The summed E-state index contributed by atoms with van der Waals surface area (Å²) in [5, 5.41) is 0.562. The number of pyridine rings is 1. The Morgan fingerprint density at radius 3 is 2.78 bits per heavy atom. The average molecular weight is 267 g/mol. The zero-order valence-electron chi connectivity index (χ0n) is 9.57. The zero-order valence-corrected chi connectivity index (χ0v) is 10.3. The Kier molecular flexibility index (Phi) is 4.12. The molecular formula is C13H12ClFN2O. The minimum Gasteiger partial charge on any atom is -0.489 e. The Bertz CT molecular complexity index is 548. The van der Waals surface area contributed by atoms with Gasteiger partial charge in [0.2, 0.25) is 0 Å². The summed E-state index contributed by atoms with van der Waals surface area (Å²) in [6.45, 7) is 0.621. The molecule has 0 atom stereocenters. The molecule has 18 heavy (non-hydrogen) atoms. The summed E-state index contributed by atoms with van der Waals surface area (Å²) in [6.07, 6.45) is 2.70. The van der Waals surface area contributed by atoms with Gasteiger partial charge in [-0.05, 0) is 23.8 Å². The van der Waals surface area contributed by atoms with Gasteiger partial charge in [-0.15, -0.1) is 0 Å². The summed E-state index contributed by atoms with van der Waals surface area (Å²) in [5.41, 5.74) is 7.03. The largest absolute Gasteiger partial charge is 0.489 e. The first-order valence-corrected chi connectivity index (χ1v) is 5.77. The van der Waals surface area contributed by atoms with E-state index in [9.17, 15) is 4.39 Å². The van der Waals surface area contributed by atoms with Crippen LogP contribution < -0.4 is 10.5 Å². The van der Waals surface area contributed by atoms with Crippen LogP contribution in [-0.4, -0.2) is 4.98 Å². The van der Waals surface area contributed by atoms with Gasteiger partial charge in [0, 0.05) is 23.3 Å². The van der Waals surface area contributed by atoms with Crippen LogP contribution in [0.25, 0.3) is 0 Å². The van der Waals surface area contributed by atoms with Gasteiger partial charge in [0.15, 0.2) is 0 Å². The van der Waals surface area contributed by atoms with Crippen LogP contribution in [0, 0.1) is 5.82 Å². The molecule has 1 aromatic carbocycles. The molecule has 0 aliphatic heterocycles. The smallest absolute Gasteiger partial charge is 0.141 e. The molecule has 2 rings (SSSR count). The highest BCUT2D eigenvalue weighted by Gasteiger charge is 2.02. The molecule has 0 unspecified atom stereocenters. The first-order chi connectivity index (χ1) is 8.69. The lowest BCUT2D eigenvalue weighted by Gasteiger charge is -2.08.